The average Bonchev–Trinajstić information content (AvgIpc) is 2.65. The number of rotatable bonds is 6. The van der Waals surface area contributed by atoms with Gasteiger partial charge in [0, 0.05) is 37.1 Å². The molecule has 0 unspecified atom stereocenters. The molecule has 0 fully saturated rings. The van der Waals surface area contributed by atoms with Gasteiger partial charge >= 0.3 is 0 Å². The minimum absolute atomic E-state index is 0.372. The van der Waals surface area contributed by atoms with E-state index in [1.165, 1.54) is 19.0 Å². The van der Waals surface area contributed by atoms with Crippen LogP contribution in [0.5, 0.6) is 5.88 Å². The lowest BCUT2D eigenvalue weighted by Crippen LogP contribution is -2.29. The average molecular weight is 376 g/mol. The van der Waals surface area contributed by atoms with Gasteiger partial charge in [0.25, 0.3) is 0 Å². The van der Waals surface area contributed by atoms with Crippen LogP contribution in [0.4, 0.5) is 5.82 Å². The highest BCUT2D eigenvalue weighted by atomic mass is 35.5. The lowest BCUT2D eigenvalue weighted by atomic mass is 10.1. The number of allylic oxidation sites excluding steroid dienone is 1. The van der Waals surface area contributed by atoms with Gasteiger partial charge in [0.2, 0.25) is 5.88 Å². The summed E-state index contributed by atoms with van der Waals surface area (Å²) in [4.78, 5) is 8.34. The van der Waals surface area contributed by atoms with E-state index in [-0.39, 0.29) is 0 Å². The van der Waals surface area contributed by atoms with Crippen LogP contribution in [0.3, 0.4) is 0 Å². The number of nitrogens with zero attached hydrogens (tertiary/aromatic N) is 2. The van der Waals surface area contributed by atoms with Crippen LogP contribution in [0.2, 0.25) is 5.02 Å². The summed E-state index contributed by atoms with van der Waals surface area (Å²) in [7, 11) is 3.29. The highest BCUT2D eigenvalue weighted by Gasteiger charge is 2.08. The molecular formula is C20H26ClN3O2. The van der Waals surface area contributed by atoms with Gasteiger partial charge < -0.3 is 15.2 Å². The monoisotopic (exact) mass is 375 g/mol. The fourth-order valence-electron chi connectivity index (χ4n) is 2.10. The third kappa shape index (κ3) is 6.17. The zero-order chi connectivity index (χ0) is 19.5. The van der Waals surface area contributed by atoms with Crippen molar-refractivity contribution in [2.24, 2.45) is 0 Å². The molecule has 2 aromatic rings. The number of unbranched alkanes of at least 4 members (excludes halogenated alkanes) is 1. The van der Waals surface area contributed by atoms with Crippen molar-refractivity contribution in [1.29, 1.82) is 0 Å². The van der Waals surface area contributed by atoms with Gasteiger partial charge in [-0.2, -0.15) is 0 Å². The van der Waals surface area contributed by atoms with Crippen molar-refractivity contribution in [3.8, 4) is 5.88 Å². The Morgan fingerprint density at radius 2 is 2.08 bits per heavy atom. The molecule has 140 valence electrons. The second kappa shape index (κ2) is 11.3. The third-order valence-electron chi connectivity index (χ3n) is 3.49. The van der Waals surface area contributed by atoms with Gasteiger partial charge in [-0.25, -0.2) is 9.97 Å². The third-order valence-corrected chi connectivity index (χ3v) is 3.79. The van der Waals surface area contributed by atoms with Crippen LogP contribution in [-0.4, -0.2) is 30.8 Å². The fourth-order valence-corrected chi connectivity index (χ4v) is 2.31. The maximum atomic E-state index is 6.18. The van der Waals surface area contributed by atoms with Gasteiger partial charge in [-0.3, -0.25) is 0 Å². The molecule has 0 aliphatic heterocycles. The molecule has 0 amide bonds. The molecule has 2 N–H and O–H groups in total. The van der Waals surface area contributed by atoms with Crippen LogP contribution in [0.15, 0.2) is 37.1 Å². The highest BCUT2D eigenvalue weighted by molar-refractivity contribution is 6.32. The Labute approximate surface area is 159 Å². The minimum Gasteiger partial charge on any atom is -0.481 e. The lowest BCUT2D eigenvalue weighted by molar-refractivity contribution is 0.194. The van der Waals surface area contributed by atoms with Crippen LogP contribution in [0.1, 0.15) is 25.3 Å². The topological polar surface area (TPSA) is 70.3 Å². The van der Waals surface area contributed by atoms with Crippen LogP contribution >= 0.6 is 11.6 Å². The molecule has 0 atom stereocenters. The largest absolute Gasteiger partial charge is 0.481 e. The fraction of sp³-hybridized carbons (Fsp3) is 0.300. The standard InChI is InChI=1S/C15H14ClN3O.C5H12O/c1-4-10(11-7-13(17)18-8-12(11)16)15-9(2)5-6-14(19-15)20-3;1-3-4-5-6-2/h4-8H,1-2H2,3H3,(H2,17,18);3-5H2,1-2H3/b15-10-;. The molecule has 0 aliphatic rings. The van der Waals surface area contributed by atoms with Crippen molar-refractivity contribution in [3.63, 3.8) is 0 Å². The summed E-state index contributed by atoms with van der Waals surface area (Å²) in [6.45, 7) is 10.8. The Balaban J connectivity index is 0.000000487. The maximum absolute atomic E-state index is 6.18. The first kappa shape index (κ1) is 21.7. The molecule has 0 radical (unpaired) electrons. The summed E-state index contributed by atoms with van der Waals surface area (Å²) in [6, 6.07) is 5.25. The number of methoxy groups -OCH3 is 2. The van der Waals surface area contributed by atoms with E-state index in [0.29, 0.717) is 27.6 Å². The molecule has 2 heterocycles. The number of halogens is 1. The van der Waals surface area contributed by atoms with E-state index >= 15 is 0 Å². The molecule has 6 heteroatoms. The van der Waals surface area contributed by atoms with Gasteiger partial charge in [-0.05, 0) is 23.8 Å². The van der Waals surface area contributed by atoms with Crippen LogP contribution in [0.25, 0.3) is 12.2 Å². The molecule has 0 saturated heterocycles. The summed E-state index contributed by atoms with van der Waals surface area (Å²) >= 11 is 6.18. The van der Waals surface area contributed by atoms with E-state index < -0.39 is 0 Å². The number of hydrogen-bond acceptors (Lipinski definition) is 5. The zero-order valence-electron chi connectivity index (χ0n) is 15.6. The van der Waals surface area contributed by atoms with Crippen molar-refractivity contribution in [2.45, 2.75) is 19.8 Å². The van der Waals surface area contributed by atoms with Gasteiger partial charge in [0.05, 0.1) is 17.5 Å². The van der Waals surface area contributed by atoms with Crippen molar-refractivity contribution >= 4 is 29.6 Å². The first-order chi connectivity index (χ1) is 12.5. The first-order valence-electron chi connectivity index (χ1n) is 8.25. The van der Waals surface area contributed by atoms with Crippen molar-refractivity contribution < 1.29 is 9.47 Å². The Bertz CT molecular complexity index is 833. The Kier molecular flexibility index (Phi) is 9.41. The lowest BCUT2D eigenvalue weighted by Gasteiger charge is -2.07. The summed E-state index contributed by atoms with van der Waals surface area (Å²) in [5, 5.41) is 1.86. The number of anilines is 1. The molecular weight excluding hydrogens is 350 g/mol. The van der Waals surface area contributed by atoms with Crippen LogP contribution < -0.4 is 21.0 Å². The van der Waals surface area contributed by atoms with Gasteiger partial charge in [-0.15, -0.1) is 0 Å². The SMILES string of the molecule is C=C/C(c1cc(N)ncc1Cl)=c1/nc(OC)ccc1=C.CCCCOC. The number of ether oxygens (including phenoxy) is 2. The van der Waals surface area contributed by atoms with E-state index in [1.807, 2.05) is 6.07 Å². The molecule has 0 saturated carbocycles. The quantitative estimate of drug-likeness (QED) is 0.786. The van der Waals surface area contributed by atoms with E-state index in [2.05, 4.69) is 30.0 Å². The van der Waals surface area contributed by atoms with Crippen LogP contribution in [-0.2, 0) is 4.74 Å². The zero-order valence-corrected chi connectivity index (χ0v) is 16.3. The van der Waals surface area contributed by atoms with E-state index in [4.69, 9.17) is 26.8 Å². The van der Waals surface area contributed by atoms with Gasteiger partial charge in [0.1, 0.15) is 5.82 Å². The molecule has 2 rings (SSSR count). The number of pyridine rings is 2. The van der Waals surface area contributed by atoms with E-state index in [9.17, 15) is 0 Å². The number of nitrogen functional groups attached to an aromatic ring is 1. The molecule has 2 aromatic heterocycles. The van der Waals surface area contributed by atoms with Crippen molar-refractivity contribution in [1.82, 2.24) is 9.97 Å². The normalized spacial score (nSPS) is 11.2. The number of aromatic nitrogens is 2. The van der Waals surface area contributed by atoms with Gasteiger partial charge in [-0.1, -0.05) is 44.2 Å². The summed E-state index contributed by atoms with van der Waals surface area (Å²) in [6.07, 6.45) is 5.58. The number of nitrogens with two attached hydrogens (primary N) is 1. The Morgan fingerprint density at radius 1 is 1.35 bits per heavy atom. The van der Waals surface area contributed by atoms with E-state index in [1.54, 1.807) is 32.4 Å². The molecule has 0 spiro atoms. The molecule has 5 nitrogen and oxygen atoms in total. The molecule has 0 aliphatic carbocycles. The predicted molar refractivity (Wildman–Crippen MR) is 109 cm³/mol. The van der Waals surface area contributed by atoms with Gasteiger partial charge in [0.15, 0.2) is 0 Å². The second-order valence-corrected chi connectivity index (χ2v) is 5.82. The highest BCUT2D eigenvalue weighted by Crippen LogP contribution is 2.23. The molecule has 0 aromatic carbocycles. The molecule has 0 bridgehead atoms. The van der Waals surface area contributed by atoms with E-state index in [0.717, 1.165) is 17.4 Å². The van der Waals surface area contributed by atoms with Crippen molar-refractivity contribution in [3.05, 3.63) is 58.2 Å². The van der Waals surface area contributed by atoms with Crippen molar-refractivity contribution in [2.75, 3.05) is 26.6 Å². The van der Waals surface area contributed by atoms with Crippen LogP contribution in [0, 0.1) is 0 Å². The maximum Gasteiger partial charge on any atom is 0.213 e. The first-order valence-corrected chi connectivity index (χ1v) is 8.63. The Hall–Kier alpha value is -2.37. The Morgan fingerprint density at radius 3 is 2.62 bits per heavy atom. The predicted octanol–water partition coefficient (Wildman–Crippen LogP) is 2.95. The molecule has 26 heavy (non-hydrogen) atoms. The number of hydrogen-bond donors (Lipinski definition) is 1. The summed E-state index contributed by atoms with van der Waals surface area (Å²) < 4.78 is 9.92. The smallest absolute Gasteiger partial charge is 0.213 e. The minimum atomic E-state index is 0.372. The summed E-state index contributed by atoms with van der Waals surface area (Å²) in [5.41, 5.74) is 7.15. The second-order valence-electron chi connectivity index (χ2n) is 5.41. The summed E-state index contributed by atoms with van der Waals surface area (Å²) in [5.74, 6) is 0.863.